The van der Waals surface area contributed by atoms with Crippen molar-refractivity contribution in [3.63, 3.8) is 0 Å². The zero-order valence-corrected chi connectivity index (χ0v) is 15.7. The molecule has 0 radical (unpaired) electrons. The average Bonchev–Trinajstić information content (AvgIpc) is 2.48. The quantitative estimate of drug-likeness (QED) is 0.560. The Bertz CT molecular complexity index is 551. The van der Waals surface area contributed by atoms with E-state index in [0.717, 1.165) is 11.9 Å². The van der Waals surface area contributed by atoms with E-state index < -0.39 is 17.1 Å². The number of allylic oxidation sites excluding steroid dienone is 1. The number of benzene rings is 1. The molecule has 0 spiro atoms. The monoisotopic (exact) mass is 361 g/mol. The first-order valence-electron chi connectivity index (χ1n) is 7.26. The molecule has 1 aromatic carbocycles. The van der Waals surface area contributed by atoms with Crippen molar-refractivity contribution in [3.8, 4) is 0 Å². The molecule has 1 rings (SSSR count). The lowest BCUT2D eigenvalue weighted by Crippen LogP contribution is -2.30. The van der Waals surface area contributed by atoms with Gasteiger partial charge in [-0.05, 0) is 24.1 Å². The fourth-order valence-corrected chi connectivity index (χ4v) is 2.37. The van der Waals surface area contributed by atoms with Gasteiger partial charge in [-0.2, -0.15) is 0 Å². The van der Waals surface area contributed by atoms with E-state index in [4.69, 9.17) is 22.5 Å². The zero-order valence-electron chi connectivity index (χ0n) is 14.2. The van der Waals surface area contributed by atoms with Crippen molar-refractivity contribution in [2.75, 3.05) is 0 Å². The van der Waals surface area contributed by atoms with Crippen molar-refractivity contribution in [2.24, 2.45) is 16.3 Å². The predicted octanol–water partition coefficient (Wildman–Crippen LogP) is 3.94. The fourth-order valence-electron chi connectivity index (χ4n) is 1.53. The lowest BCUT2D eigenvalue weighted by atomic mass is 9.92. The van der Waals surface area contributed by atoms with Crippen LogP contribution in [0.25, 0.3) is 0 Å². The Morgan fingerprint density at radius 1 is 1.35 bits per heavy atom. The molecule has 0 aliphatic carbocycles. The summed E-state index contributed by atoms with van der Waals surface area (Å²) in [6.07, 6.45) is 0. The molecule has 0 heterocycles. The second-order valence-electron chi connectivity index (χ2n) is 5.49. The summed E-state index contributed by atoms with van der Waals surface area (Å²) in [5.41, 5.74) is 6.17. The average molecular weight is 362 g/mol. The van der Waals surface area contributed by atoms with Crippen LogP contribution in [-0.2, 0) is 11.3 Å². The van der Waals surface area contributed by atoms with Crippen molar-refractivity contribution in [2.45, 2.75) is 41.2 Å². The predicted molar refractivity (Wildman–Crippen MR) is 97.1 cm³/mol. The van der Waals surface area contributed by atoms with Crippen LogP contribution in [0.2, 0.25) is 5.02 Å². The molecule has 0 saturated carbocycles. The Hall–Kier alpha value is -1.24. The van der Waals surface area contributed by atoms with Crippen LogP contribution >= 0.6 is 23.5 Å². The maximum atomic E-state index is 13.6. The third-order valence-corrected chi connectivity index (χ3v) is 3.86. The first-order chi connectivity index (χ1) is 10.7. The van der Waals surface area contributed by atoms with Gasteiger partial charge in [0.25, 0.3) is 5.91 Å². The van der Waals surface area contributed by atoms with Crippen molar-refractivity contribution in [1.82, 2.24) is 5.32 Å². The van der Waals surface area contributed by atoms with E-state index in [1.807, 2.05) is 34.6 Å². The van der Waals surface area contributed by atoms with Gasteiger partial charge in [0, 0.05) is 28.2 Å². The summed E-state index contributed by atoms with van der Waals surface area (Å²) in [7, 11) is 0. The van der Waals surface area contributed by atoms with Crippen LogP contribution in [0.3, 0.4) is 0 Å². The highest BCUT2D eigenvalue weighted by molar-refractivity contribution is 8.01. The minimum atomic E-state index is -0.475. The number of halogens is 2. The SMILES string of the molecule is CC.CC(C)(C)/C(N)=C(/SN)C(=O)NCc1c(F)cccc1Cl. The van der Waals surface area contributed by atoms with E-state index in [2.05, 4.69) is 5.32 Å². The molecule has 0 unspecified atom stereocenters. The van der Waals surface area contributed by atoms with Crippen molar-refractivity contribution in [1.29, 1.82) is 0 Å². The number of rotatable bonds is 4. The van der Waals surface area contributed by atoms with Crippen LogP contribution in [0.4, 0.5) is 4.39 Å². The van der Waals surface area contributed by atoms with E-state index in [-0.39, 0.29) is 22.0 Å². The van der Waals surface area contributed by atoms with Gasteiger partial charge in [0.2, 0.25) is 0 Å². The molecule has 0 aliphatic heterocycles. The third-order valence-electron chi connectivity index (χ3n) is 2.86. The fraction of sp³-hybridized carbons (Fsp3) is 0.438. The van der Waals surface area contributed by atoms with E-state index >= 15 is 0 Å². The molecule has 5 N–H and O–H groups in total. The van der Waals surface area contributed by atoms with Gasteiger partial charge in [-0.1, -0.05) is 52.3 Å². The minimum absolute atomic E-state index is 0.0359. The van der Waals surface area contributed by atoms with Gasteiger partial charge >= 0.3 is 0 Å². The topological polar surface area (TPSA) is 81.1 Å². The van der Waals surface area contributed by atoms with Crippen LogP contribution in [0.5, 0.6) is 0 Å². The number of carbonyl (C=O) groups is 1. The third kappa shape index (κ3) is 6.41. The highest BCUT2D eigenvalue weighted by atomic mass is 35.5. The summed E-state index contributed by atoms with van der Waals surface area (Å²) < 4.78 is 13.6. The maximum absolute atomic E-state index is 13.6. The van der Waals surface area contributed by atoms with E-state index in [9.17, 15) is 9.18 Å². The van der Waals surface area contributed by atoms with E-state index in [0.29, 0.717) is 5.70 Å². The van der Waals surface area contributed by atoms with Crippen LogP contribution < -0.4 is 16.2 Å². The van der Waals surface area contributed by atoms with Crippen LogP contribution in [-0.4, -0.2) is 5.91 Å². The van der Waals surface area contributed by atoms with Crippen molar-refractivity contribution >= 4 is 29.5 Å². The molecule has 4 nitrogen and oxygen atoms in total. The molecular formula is C16H25ClFN3OS. The molecule has 7 heteroatoms. The molecule has 130 valence electrons. The van der Waals surface area contributed by atoms with E-state index in [1.165, 1.54) is 12.1 Å². The van der Waals surface area contributed by atoms with Gasteiger partial charge in [-0.3, -0.25) is 9.93 Å². The molecule has 0 saturated heterocycles. The molecule has 1 amide bonds. The van der Waals surface area contributed by atoms with Gasteiger partial charge in [-0.25, -0.2) is 4.39 Å². The number of hydrogen-bond donors (Lipinski definition) is 3. The number of nitrogens with two attached hydrogens (primary N) is 2. The van der Waals surface area contributed by atoms with Gasteiger partial charge in [-0.15, -0.1) is 0 Å². The summed E-state index contributed by atoms with van der Waals surface area (Å²) >= 11 is 6.68. The Kier molecular flexibility index (Phi) is 9.27. The molecule has 23 heavy (non-hydrogen) atoms. The number of hydrogen-bond acceptors (Lipinski definition) is 4. The molecule has 0 aliphatic rings. The molecule has 0 bridgehead atoms. The Balaban J connectivity index is 0.00000232. The number of nitrogens with one attached hydrogen (secondary N) is 1. The largest absolute Gasteiger partial charge is 0.401 e. The minimum Gasteiger partial charge on any atom is -0.401 e. The molecule has 0 aromatic heterocycles. The lowest BCUT2D eigenvalue weighted by Gasteiger charge is -2.22. The van der Waals surface area contributed by atoms with Crippen LogP contribution in [0.1, 0.15) is 40.2 Å². The number of amides is 1. The van der Waals surface area contributed by atoms with Crippen molar-refractivity contribution in [3.05, 3.63) is 45.2 Å². The first kappa shape index (κ1) is 21.8. The number of carbonyl (C=O) groups excluding carboxylic acids is 1. The Morgan fingerprint density at radius 2 is 1.91 bits per heavy atom. The molecule has 0 atom stereocenters. The van der Waals surface area contributed by atoms with Crippen molar-refractivity contribution < 1.29 is 9.18 Å². The van der Waals surface area contributed by atoms with Crippen LogP contribution in [0, 0.1) is 11.2 Å². The Labute approximate surface area is 147 Å². The summed E-state index contributed by atoms with van der Waals surface area (Å²) in [6, 6.07) is 4.34. The van der Waals surface area contributed by atoms with E-state index in [1.54, 1.807) is 6.07 Å². The molecular weight excluding hydrogens is 337 g/mol. The zero-order chi connectivity index (χ0) is 18.2. The highest BCUT2D eigenvalue weighted by Crippen LogP contribution is 2.27. The second-order valence-corrected chi connectivity index (χ2v) is 6.54. The van der Waals surface area contributed by atoms with Gasteiger partial charge in [0.1, 0.15) is 10.7 Å². The normalized spacial score (nSPS) is 12.0. The van der Waals surface area contributed by atoms with Gasteiger partial charge in [0.15, 0.2) is 0 Å². The summed E-state index contributed by atoms with van der Waals surface area (Å²) in [6.45, 7) is 9.59. The summed E-state index contributed by atoms with van der Waals surface area (Å²) in [5.74, 6) is -0.924. The van der Waals surface area contributed by atoms with Crippen LogP contribution in [0.15, 0.2) is 28.8 Å². The first-order valence-corrected chi connectivity index (χ1v) is 8.52. The summed E-state index contributed by atoms with van der Waals surface area (Å²) in [5, 5.41) is 8.36. The highest BCUT2D eigenvalue weighted by Gasteiger charge is 2.23. The molecule has 1 aromatic rings. The van der Waals surface area contributed by atoms with Gasteiger partial charge in [0.05, 0.1) is 0 Å². The standard InChI is InChI=1S/C14H19ClFN3OS.C2H6/c1-14(2,3)12(17)11(21-18)13(20)19-7-8-9(15)5-4-6-10(8)16;1-2/h4-6H,7,17-18H2,1-3H3,(H,19,20);1-2H3/b12-11-;. The smallest absolute Gasteiger partial charge is 0.261 e. The lowest BCUT2D eigenvalue weighted by molar-refractivity contribution is -0.117. The second kappa shape index (κ2) is 9.80. The Morgan fingerprint density at radius 3 is 2.35 bits per heavy atom. The summed E-state index contributed by atoms with van der Waals surface area (Å²) in [4.78, 5) is 12.4. The molecule has 0 fully saturated rings. The van der Waals surface area contributed by atoms with Gasteiger partial charge < -0.3 is 11.1 Å². The maximum Gasteiger partial charge on any atom is 0.261 e.